The normalized spacial score (nSPS) is 10.2. The molecule has 0 spiro atoms. The molecule has 2 N–H and O–H groups in total. The second kappa shape index (κ2) is 8.29. The van der Waals surface area contributed by atoms with Crippen LogP contribution in [0, 0.1) is 5.82 Å². The molecule has 2 rings (SSSR count). The van der Waals surface area contributed by atoms with E-state index in [4.69, 9.17) is 0 Å². The lowest BCUT2D eigenvalue weighted by Gasteiger charge is -2.06. The molecule has 1 aromatic heterocycles. The second-order valence-electron chi connectivity index (χ2n) is 4.76. The maximum absolute atomic E-state index is 13.0. The molecule has 0 saturated heterocycles. The first kappa shape index (κ1) is 16.2. The molecular formula is C16H17FN2O2S. The first-order valence-corrected chi connectivity index (χ1v) is 7.81. The topological polar surface area (TPSA) is 58.2 Å². The van der Waals surface area contributed by atoms with E-state index in [0.29, 0.717) is 12.1 Å². The second-order valence-corrected chi connectivity index (χ2v) is 5.79. The largest absolute Gasteiger partial charge is 0.354 e. The molecule has 0 radical (unpaired) electrons. The maximum atomic E-state index is 13.0. The molecule has 0 aliphatic rings. The molecular weight excluding hydrogens is 303 g/mol. The van der Waals surface area contributed by atoms with Crippen LogP contribution in [0.1, 0.15) is 10.4 Å². The summed E-state index contributed by atoms with van der Waals surface area (Å²) in [6.45, 7) is 0.470. The van der Waals surface area contributed by atoms with Crippen LogP contribution in [0.25, 0.3) is 0 Å². The van der Waals surface area contributed by atoms with Gasteiger partial charge in [-0.15, -0.1) is 11.3 Å². The van der Waals surface area contributed by atoms with Gasteiger partial charge in [-0.2, -0.15) is 0 Å². The fourth-order valence-electron chi connectivity index (χ4n) is 1.92. The quantitative estimate of drug-likeness (QED) is 0.819. The van der Waals surface area contributed by atoms with Crippen molar-refractivity contribution in [2.75, 3.05) is 13.1 Å². The summed E-state index contributed by atoms with van der Waals surface area (Å²) >= 11 is 1.64. The van der Waals surface area contributed by atoms with Gasteiger partial charge in [0.25, 0.3) is 0 Å². The van der Waals surface area contributed by atoms with Gasteiger partial charge < -0.3 is 10.6 Å². The zero-order chi connectivity index (χ0) is 15.8. The van der Waals surface area contributed by atoms with Crippen LogP contribution in [0.3, 0.4) is 0 Å². The smallest absolute Gasteiger partial charge is 0.239 e. The highest BCUT2D eigenvalue weighted by Gasteiger charge is 2.07. The summed E-state index contributed by atoms with van der Waals surface area (Å²) in [5.41, 5.74) is 0.579. The number of rotatable bonds is 7. The minimum atomic E-state index is -0.378. The van der Waals surface area contributed by atoms with Gasteiger partial charge in [0.2, 0.25) is 11.8 Å². The van der Waals surface area contributed by atoms with Crippen molar-refractivity contribution in [3.63, 3.8) is 0 Å². The van der Waals surface area contributed by atoms with E-state index in [1.54, 1.807) is 23.5 Å². The lowest BCUT2D eigenvalue weighted by atomic mass is 10.1. The lowest BCUT2D eigenvalue weighted by molar-refractivity contribution is -0.125. The van der Waals surface area contributed by atoms with Crippen molar-refractivity contribution in [2.24, 2.45) is 0 Å². The zero-order valence-corrected chi connectivity index (χ0v) is 12.8. The fraction of sp³-hybridized carbons (Fsp3) is 0.250. The van der Waals surface area contributed by atoms with Gasteiger partial charge in [-0.25, -0.2) is 4.39 Å². The standard InChI is InChI=1S/C16H17FN2O2S/c17-13-4-1-3-12(9-13)10-15(20)19-11-16(21)18-7-6-14-5-2-8-22-14/h1-5,8-9H,6-7,10-11H2,(H,18,21)(H,19,20). The molecule has 1 aromatic carbocycles. The minimum Gasteiger partial charge on any atom is -0.354 e. The lowest BCUT2D eigenvalue weighted by Crippen LogP contribution is -2.38. The van der Waals surface area contributed by atoms with E-state index >= 15 is 0 Å². The Morgan fingerprint density at radius 3 is 2.68 bits per heavy atom. The number of thiophene rings is 1. The van der Waals surface area contributed by atoms with Crippen LogP contribution in [-0.4, -0.2) is 24.9 Å². The van der Waals surface area contributed by atoms with Gasteiger partial charge in [0.15, 0.2) is 0 Å². The van der Waals surface area contributed by atoms with Gasteiger partial charge in [0.1, 0.15) is 5.82 Å². The Hall–Kier alpha value is -2.21. The highest BCUT2D eigenvalue weighted by molar-refractivity contribution is 7.09. The molecule has 2 amide bonds. The van der Waals surface area contributed by atoms with Crippen molar-refractivity contribution in [1.29, 1.82) is 0 Å². The number of halogens is 1. The molecule has 0 unspecified atom stereocenters. The van der Waals surface area contributed by atoms with Crippen LogP contribution < -0.4 is 10.6 Å². The Balaban J connectivity index is 1.64. The molecule has 4 nitrogen and oxygen atoms in total. The third kappa shape index (κ3) is 5.65. The third-order valence-electron chi connectivity index (χ3n) is 2.97. The summed E-state index contributed by atoms with van der Waals surface area (Å²) in [6, 6.07) is 9.83. The number of hydrogen-bond donors (Lipinski definition) is 2. The molecule has 0 fully saturated rings. The summed E-state index contributed by atoms with van der Waals surface area (Å²) in [4.78, 5) is 24.5. The van der Waals surface area contributed by atoms with E-state index in [1.165, 1.54) is 17.0 Å². The van der Waals surface area contributed by atoms with Gasteiger partial charge in [0, 0.05) is 11.4 Å². The summed E-state index contributed by atoms with van der Waals surface area (Å²) < 4.78 is 13.0. The van der Waals surface area contributed by atoms with Gasteiger partial charge in [-0.05, 0) is 35.6 Å². The summed E-state index contributed by atoms with van der Waals surface area (Å²) in [6.07, 6.45) is 0.834. The SMILES string of the molecule is O=C(CNC(=O)Cc1cccc(F)c1)NCCc1cccs1. The molecule has 0 aliphatic heterocycles. The van der Waals surface area contributed by atoms with Crippen LogP contribution in [0.2, 0.25) is 0 Å². The zero-order valence-electron chi connectivity index (χ0n) is 12.0. The average Bonchev–Trinajstić information content (AvgIpc) is 2.98. The molecule has 0 saturated carbocycles. The predicted octanol–water partition coefficient (Wildman–Crippen LogP) is 1.90. The third-order valence-corrected chi connectivity index (χ3v) is 3.91. The predicted molar refractivity (Wildman–Crippen MR) is 84.1 cm³/mol. The first-order valence-electron chi connectivity index (χ1n) is 6.94. The Labute approximate surface area is 132 Å². The Kier molecular flexibility index (Phi) is 6.09. The van der Waals surface area contributed by atoms with E-state index in [-0.39, 0.29) is 30.6 Å². The molecule has 6 heteroatoms. The summed E-state index contributed by atoms with van der Waals surface area (Å²) in [5.74, 6) is -0.917. The molecule has 116 valence electrons. The van der Waals surface area contributed by atoms with Gasteiger partial charge >= 0.3 is 0 Å². The highest BCUT2D eigenvalue weighted by atomic mass is 32.1. The molecule has 22 heavy (non-hydrogen) atoms. The van der Waals surface area contributed by atoms with E-state index in [9.17, 15) is 14.0 Å². The fourth-order valence-corrected chi connectivity index (χ4v) is 2.63. The van der Waals surface area contributed by atoms with Crippen LogP contribution in [-0.2, 0) is 22.4 Å². The van der Waals surface area contributed by atoms with Crippen LogP contribution in [0.4, 0.5) is 4.39 Å². The number of carbonyl (C=O) groups excluding carboxylic acids is 2. The van der Waals surface area contributed by atoms with Crippen molar-refractivity contribution in [3.8, 4) is 0 Å². The van der Waals surface area contributed by atoms with Gasteiger partial charge in [0.05, 0.1) is 13.0 Å². The summed E-state index contributed by atoms with van der Waals surface area (Å²) in [5, 5.41) is 7.26. The van der Waals surface area contributed by atoms with Crippen molar-refractivity contribution < 1.29 is 14.0 Å². The molecule has 0 atom stereocenters. The highest BCUT2D eigenvalue weighted by Crippen LogP contribution is 2.08. The first-order chi connectivity index (χ1) is 10.6. The monoisotopic (exact) mass is 320 g/mol. The van der Waals surface area contributed by atoms with E-state index in [0.717, 1.165) is 6.42 Å². The molecule has 0 aliphatic carbocycles. The number of hydrogen-bond acceptors (Lipinski definition) is 3. The molecule has 1 heterocycles. The number of nitrogens with one attached hydrogen (secondary N) is 2. The number of carbonyl (C=O) groups is 2. The Morgan fingerprint density at radius 2 is 1.95 bits per heavy atom. The summed E-state index contributed by atoms with van der Waals surface area (Å²) in [7, 11) is 0. The van der Waals surface area contributed by atoms with Crippen molar-refractivity contribution in [3.05, 3.63) is 58.0 Å². The van der Waals surface area contributed by atoms with E-state index < -0.39 is 0 Å². The van der Waals surface area contributed by atoms with Crippen LogP contribution in [0.15, 0.2) is 41.8 Å². The Morgan fingerprint density at radius 1 is 1.09 bits per heavy atom. The minimum absolute atomic E-state index is 0.0558. The van der Waals surface area contributed by atoms with Crippen LogP contribution in [0.5, 0.6) is 0 Å². The average molecular weight is 320 g/mol. The van der Waals surface area contributed by atoms with Crippen molar-refractivity contribution in [1.82, 2.24) is 10.6 Å². The molecule has 0 bridgehead atoms. The van der Waals surface area contributed by atoms with E-state index in [1.807, 2.05) is 17.5 Å². The number of benzene rings is 1. The van der Waals surface area contributed by atoms with Crippen molar-refractivity contribution >= 4 is 23.2 Å². The van der Waals surface area contributed by atoms with Gasteiger partial charge in [-0.3, -0.25) is 9.59 Å². The number of amides is 2. The maximum Gasteiger partial charge on any atom is 0.239 e. The molecule has 2 aromatic rings. The Bertz CT molecular complexity index is 629. The van der Waals surface area contributed by atoms with Crippen molar-refractivity contribution in [2.45, 2.75) is 12.8 Å². The van der Waals surface area contributed by atoms with Gasteiger partial charge in [-0.1, -0.05) is 18.2 Å². The van der Waals surface area contributed by atoms with Crippen LogP contribution >= 0.6 is 11.3 Å². The van der Waals surface area contributed by atoms with E-state index in [2.05, 4.69) is 10.6 Å².